The van der Waals surface area contributed by atoms with E-state index in [0.29, 0.717) is 45.9 Å². The summed E-state index contributed by atoms with van der Waals surface area (Å²) in [5, 5.41) is 18.1. The lowest BCUT2D eigenvalue weighted by molar-refractivity contribution is 0.401. The summed E-state index contributed by atoms with van der Waals surface area (Å²) in [5.41, 5.74) is 1.20. The van der Waals surface area contributed by atoms with Crippen molar-refractivity contribution in [1.82, 2.24) is 19.1 Å². The fraction of sp³-hybridized carbons (Fsp3) is 0.286. The summed E-state index contributed by atoms with van der Waals surface area (Å²) in [5.74, 6) is 2.13. The van der Waals surface area contributed by atoms with Crippen molar-refractivity contribution in [3.8, 4) is 34.6 Å². The van der Waals surface area contributed by atoms with Gasteiger partial charge in [-0.25, -0.2) is 12.7 Å². The SMILES string of the molecule is COc1ccc(OC)c(-n2c(SCCC#N)nnc2-c2cccc(S(=O)(=O)N(C)C)c2)c1. The van der Waals surface area contributed by atoms with Crippen LogP contribution in [-0.2, 0) is 10.0 Å². The first-order valence-corrected chi connectivity index (χ1v) is 12.0. The molecule has 11 heteroatoms. The molecule has 2 aromatic carbocycles. The smallest absolute Gasteiger partial charge is 0.242 e. The van der Waals surface area contributed by atoms with Gasteiger partial charge >= 0.3 is 0 Å². The van der Waals surface area contributed by atoms with Gasteiger partial charge < -0.3 is 9.47 Å². The molecule has 0 amide bonds. The van der Waals surface area contributed by atoms with Crippen LogP contribution in [0.3, 0.4) is 0 Å². The molecule has 3 aromatic rings. The van der Waals surface area contributed by atoms with Crippen molar-refractivity contribution in [2.75, 3.05) is 34.1 Å². The molecule has 3 rings (SSSR count). The molecule has 0 saturated heterocycles. The molecular formula is C21H23N5O4S2. The predicted molar refractivity (Wildman–Crippen MR) is 122 cm³/mol. The molecule has 0 radical (unpaired) electrons. The van der Waals surface area contributed by atoms with Gasteiger partial charge in [-0.3, -0.25) is 4.57 Å². The number of thioether (sulfide) groups is 1. The van der Waals surface area contributed by atoms with Crippen molar-refractivity contribution in [3.63, 3.8) is 0 Å². The van der Waals surface area contributed by atoms with Crippen LogP contribution in [0.15, 0.2) is 52.5 Å². The molecule has 168 valence electrons. The van der Waals surface area contributed by atoms with Gasteiger partial charge in [-0.2, -0.15) is 5.26 Å². The maximum absolute atomic E-state index is 12.6. The van der Waals surface area contributed by atoms with Crippen molar-refractivity contribution >= 4 is 21.8 Å². The number of benzene rings is 2. The Kier molecular flexibility index (Phi) is 7.40. The standard InChI is InChI=1S/C21H23N5O4S2/c1-25(2)32(27,28)17-8-5-7-15(13-17)20-23-24-21(31-12-6-11-22)26(20)18-14-16(29-3)9-10-19(18)30-4/h5,7-10,13-14H,6,12H2,1-4H3. The van der Waals surface area contributed by atoms with Gasteiger partial charge in [0.1, 0.15) is 11.5 Å². The van der Waals surface area contributed by atoms with E-state index in [9.17, 15) is 8.42 Å². The second kappa shape index (κ2) is 10.0. The molecule has 9 nitrogen and oxygen atoms in total. The molecule has 0 unspecified atom stereocenters. The van der Waals surface area contributed by atoms with E-state index in [1.54, 1.807) is 55.2 Å². The molecule has 0 bridgehead atoms. The number of nitriles is 1. The van der Waals surface area contributed by atoms with Gasteiger partial charge in [0.05, 0.1) is 30.9 Å². The summed E-state index contributed by atoms with van der Waals surface area (Å²) in [6.45, 7) is 0. The third-order valence-electron chi connectivity index (χ3n) is 4.58. The highest BCUT2D eigenvalue weighted by molar-refractivity contribution is 7.99. The van der Waals surface area contributed by atoms with Gasteiger partial charge in [0.15, 0.2) is 11.0 Å². The Labute approximate surface area is 191 Å². The molecule has 0 N–H and O–H groups in total. The number of sulfonamides is 1. The fourth-order valence-corrected chi connectivity index (χ4v) is 4.67. The summed E-state index contributed by atoms with van der Waals surface area (Å²) in [7, 11) is 2.46. The molecule has 0 aliphatic carbocycles. The normalized spacial score (nSPS) is 11.4. The summed E-state index contributed by atoms with van der Waals surface area (Å²) in [4.78, 5) is 0.144. The van der Waals surface area contributed by atoms with Crippen molar-refractivity contribution in [3.05, 3.63) is 42.5 Å². The number of aromatic nitrogens is 3. The number of hydrogen-bond acceptors (Lipinski definition) is 8. The summed E-state index contributed by atoms with van der Waals surface area (Å²) < 4.78 is 39.2. The van der Waals surface area contributed by atoms with Crippen LogP contribution in [0.2, 0.25) is 0 Å². The van der Waals surface area contributed by atoms with E-state index >= 15 is 0 Å². The van der Waals surface area contributed by atoms with Crippen LogP contribution in [0.25, 0.3) is 17.1 Å². The first-order chi connectivity index (χ1) is 15.3. The summed E-state index contributed by atoms with van der Waals surface area (Å²) in [6.07, 6.45) is 0.346. The van der Waals surface area contributed by atoms with Crippen LogP contribution in [-0.4, -0.2) is 61.6 Å². The predicted octanol–water partition coefficient (Wildman–Crippen LogP) is 3.21. The average Bonchev–Trinajstić information content (AvgIpc) is 3.22. The Morgan fingerprint density at radius 3 is 2.56 bits per heavy atom. The van der Waals surface area contributed by atoms with Crippen LogP contribution in [0, 0.1) is 11.3 Å². The van der Waals surface area contributed by atoms with E-state index in [-0.39, 0.29) is 4.90 Å². The third kappa shape index (κ3) is 4.72. The Bertz CT molecular complexity index is 1250. The molecule has 0 fully saturated rings. The molecule has 0 aliphatic heterocycles. The fourth-order valence-electron chi connectivity index (χ4n) is 2.93. The first kappa shape index (κ1) is 23.6. The molecule has 0 saturated carbocycles. The van der Waals surface area contributed by atoms with E-state index in [1.807, 2.05) is 0 Å². The van der Waals surface area contributed by atoms with E-state index in [1.165, 1.54) is 31.9 Å². The second-order valence-electron chi connectivity index (χ2n) is 6.75. The largest absolute Gasteiger partial charge is 0.497 e. The second-order valence-corrected chi connectivity index (χ2v) is 9.97. The molecule has 0 atom stereocenters. The summed E-state index contributed by atoms with van der Waals surface area (Å²) in [6, 6.07) is 14.0. The van der Waals surface area contributed by atoms with Crippen LogP contribution < -0.4 is 9.47 Å². The van der Waals surface area contributed by atoms with Crippen molar-refractivity contribution in [1.29, 1.82) is 5.26 Å². The minimum Gasteiger partial charge on any atom is -0.497 e. The van der Waals surface area contributed by atoms with E-state index in [2.05, 4.69) is 16.3 Å². The Morgan fingerprint density at radius 1 is 1.12 bits per heavy atom. The monoisotopic (exact) mass is 473 g/mol. The number of rotatable bonds is 9. The number of ether oxygens (including phenoxy) is 2. The zero-order valence-electron chi connectivity index (χ0n) is 18.1. The van der Waals surface area contributed by atoms with Gasteiger partial charge in [0.25, 0.3) is 0 Å². The Morgan fingerprint density at radius 2 is 1.91 bits per heavy atom. The van der Waals surface area contributed by atoms with Gasteiger partial charge in [-0.15, -0.1) is 10.2 Å². The average molecular weight is 474 g/mol. The number of methoxy groups -OCH3 is 2. The van der Waals surface area contributed by atoms with E-state index in [0.717, 1.165) is 4.31 Å². The highest BCUT2D eigenvalue weighted by atomic mass is 32.2. The first-order valence-electron chi connectivity index (χ1n) is 9.54. The van der Waals surface area contributed by atoms with Crippen LogP contribution in [0.5, 0.6) is 11.5 Å². The lowest BCUT2D eigenvalue weighted by Gasteiger charge is -2.16. The molecule has 0 aliphatic rings. The number of nitrogens with zero attached hydrogens (tertiary/aromatic N) is 5. The van der Waals surface area contributed by atoms with Crippen molar-refractivity contribution in [2.24, 2.45) is 0 Å². The van der Waals surface area contributed by atoms with Gasteiger partial charge in [0.2, 0.25) is 10.0 Å². The molecule has 1 aromatic heterocycles. The van der Waals surface area contributed by atoms with Crippen LogP contribution in [0.4, 0.5) is 0 Å². The molecular weight excluding hydrogens is 450 g/mol. The van der Waals surface area contributed by atoms with Gasteiger partial charge in [-0.1, -0.05) is 23.9 Å². The highest BCUT2D eigenvalue weighted by Gasteiger charge is 2.22. The Hall–Kier alpha value is -3.07. The topological polar surface area (TPSA) is 110 Å². The molecule has 32 heavy (non-hydrogen) atoms. The lowest BCUT2D eigenvalue weighted by Crippen LogP contribution is -2.22. The lowest BCUT2D eigenvalue weighted by atomic mass is 10.2. The summed E-state index contributed by atoms with van der Waals surface area (Å²) >= 11 is 1.37. The van der Waals surface area contributed by atoms with Crippen molar-refractivity contribution < 1.29 is 17.9 Å². The zero-order valence-corrected chi connectivity index (χ0v) is 19.8. The molecule has 1 heterocycles. The number of hydrogen-bond donors (Lipinski definition) is 0. The van der Waals surface area contributed by atoms with E-state index in [4.69, 9.17) is 14.7 Å². The molecule has 0 spiro atoms. The zero-order chi connectivity index (χ0) is 23.3. The minimum atomic E-state index is -3.63. The maximum atomic E-state index is 12.6. The van der Waals surface area contributed by atoms with E-state index < -0.39 is 10.0 Å². The third-order valence-corrected chi connectivity index (χ3v) is 7.32. The minimum absolute atomic E-state index is 0.144. The van der Waals surface area contributed by atoms with Crippen LogP contribution in [0.1, 0.15) is 6.42 Å². The maximum Gasteiger partial charge on any atom is 0.242 e. The van der Waals surface area contributed by atoms with Gasteiger partial charge in [0, 0.05) is 37.9 Å². The quantitative estimate of drug-likeness (QED) is 0.344. The van der Waals surface area contributed by atoms with Crippen LogP contribution >= 0.6 is 11.8 Å². The Balaban J connectivity index is 2.23. The van der Waals surface area contributed by atoms with Crippen molar-refractivity contribution in [2.45, 2.75) is 16.5 Å². The van der Waals surface area contributed by atoms with Gasteiger partial charge in [-0.05, 0) is 24.3 Å². The highest BCUT2D eigenvalue weighted by Crippen LogP contribution is 2.35.